The van der Waals surface area contributed by atoms with Gasteiger partial charge in [-0.05, 0) is 67.7 Å². The molecule has 0 radical (unpaired) electrons. The summed E-state index contributed by atoms with van der Waals surface area (Å²) in [6.45, 7) is 6.58. The van der Waals surface area contributed by atoms with Crippen LogP contribution in [0.4, 0.5) is 0 Å². The lowest BCUT2D eigenvalue weighted by Crippen LogP contribution is -2.34. The first-order valence-electron chi connectivity index (χ1n) is 7.45. The van der Waals surface area contributed by atoms with Gasteiger partial charge in [0.1, 0.15) is 0 Å². The van der Waals surface area contributed by atoms with E-state index in [4.69, 9.17) is 0 Å². The Morgan fingerprint density at radius 2 is 2.37 bits per heavy atom. The van der Waals surface area contributed by atoms with E-state index in [2.05, 4.69) is 17.1 Å². The number of rotatable bonds is 6. The fraction of sp³-hybridized carbons (Fsp3) is 0.733. The summed E-state index contributed by atoms with van der Waals surface area (Å²) in [4.78, 5) is 2.57. The fourth-order valence-electron chi connectivity index (χ4n) is 2.76. The van der Waals surface area contributed by atoms with E-state index in [9.17, 15) is 5.11 Å². The summed E-state index contributed by atoms with van der Waals surface area (Å²) in [5.74, 6) is 0. The highest BCUT2D eigenvalue weighted by Gasteiger charge is 2.17. The third-order valence-corrected chi connectivity index (χ3v) is 4.59. The zero-order valence-corrected chi connectivity index (χ0v) is 12.7. The molecule has 0 bridgehead atoms. The molecule has 2 atom stereocenters. The Morgan fingerprint density at radius 1 is 1.47 bits per heavy atom. The van der Waals surface area contributed by atoms with Crippen molar-refractivity contribution >= 4 is 11.3 Å². The second-order valence-electron chi connectivity index (χ2n) is 5.45. The average molecular weight is 282 g/mol. The molecule has 1 aromatic rings. The number of aliphatic hydroxyl groups excluding tert-OH is 1. The summed E-state index contributed by atoms with van der Waals surface area (Å²) in [5.41, 5.74) is 1.04. The molecule has 1 saturated heterocycles. The molecule has 2 rings (SSSR count). The number of nitrogens with one attached hydrogen (secondary N) is 1. The first-order valence-corrected chi connectivity index (χ1v) is 8.39. The number of thiophene rings is 1. The van der Waals surface area contributed by atoms with E-state index >= 15 is 0 Å². The van der Waals surface area contributed by atoms with Crippen LogP contribution in [0.25, 0.3) is 0 Å². The molecule has 0 aliphatic carbocycles. The van der Waals surface area contributed by atoms with Gasteiger partial charge in [0, 0.05) is 12.6 Å². The van der Waals surface area contributed by atoms with Gasteiger partial charge in [-0.25, -0.2) is 0 Å². The van der Waals surface area contributed by atoms with Gasteiger partial charge in [0.05, 0.1) is 6.10 Å². The van der Waals surface area contributed by atoms with Gasteiger partial charge in [-0.3, -0.25) is 0 Å². The quantitative estimate of drug-likeness (QED) is 0.842. The second-order valence-corrected chi connectivity index (χ2v) is 6.23. The van der Waals surface area contributed by atoms with Gasteiger partial charge in [0.15, 0.2) is 0 Å². The summed E-state index contributed by atoms with van der Waals surface area (Å²) >= 11 is 1.64. The summed E-state index contributed by atoms with van der Waals surface area (Å²) < 4.78 is 0. The van der Waals surface area contributed by atoms with Crippen molar-refractivity contribution in [2.75, 3.05) is 26.2 Å². The third-order valence-electron chi connectivity index (χ3n) is 3.89. The molecule has 3 nitrogen and oxygen atoms in total. The Labute approximate surface area is 120 Å². The lowest BCUT2D eigenvalue weighted by Gasteiger charge is -2.20. The normalized spacial score (nSPS) is 23.2. The third kappa shape index (κ3) is 4.88. The molecule has 1 fully saturated rings. The van der Waals surface area contributed by atoms with Gasteiger partial charge in [-0.1, -0.05) is 6.92 Å². The maximum absolute atomic E-state index is 10.1. The predicted octanol–water partition coefficient (Wildman–Crippen LogP) is 2.64. The van der Waals surface area contributed by atoms with Crippen LogP contribution >= 0.6 is 11.3 Å². The van der Waals surface area contributed by atoms with Gasteiger partial charge in [0.25, 0.3) is 0 Å². The molecule has 0 saturated carbocycles. The lowest BCUT2D eigenvalue weighted by atomic mass is 10.1. The second kappa shape index (κ2) is 8.00. The molecule has 2 N–H and O–H groups in total. The molecule has 19 heavy (non-hydrogen) atoms. The Hall–Kier alpha value is -0.420. The van der Waals surface area contributed by atoms with E-state index in [-0.39, 0.29) is 6.10 Å². The van der Waals surface area contributed by atoms with Gasteiger partial charge in [0.2, 0.25) is 0 Å². The molecular formula is C15H26N2OS. The van der Waals surface area contributed by atoms with Gasteiger partial charge in [-0.2, -0.15) is 11.3 Å². The topological polar surface area (TPSA) is 35.5 Å². The van der Waals surface area contributed by atoms with Crippen molar-refractivity contribution < 1.29 is 5.11 Å². The number of hydrogen-bond acceptors (Lipinski definition) is 4. The highest BCUT2D eigenvalue weighted by atomic mass is 32.1. The molecule has 0 amide bonds. The van der Waals surface area contributed by atoms with E-state index in [1.807, 2.05) is 16.8 Å². The standard InChI is InChI=1S/C15H26N2OS/c1-2-7-17-8-3-4-14(5-9-17)16-11-15(18)13-6-10-19-12-13/h6,10,12,14-16,18H,2-5,7-9,11H2,1H3. The van der Waals surface area contributed by atoms with Crippen molar-refractivity contribution in [1.29, 1.82) is 0 Å². The molecule has 108 valence electrons. The number of hydrogen-bond donors (Lipinski definition) is 2. The highest BCUT2D eigenvalue weighted by Crippen LogP contribution is 2.17. The van der Waals surface area contributed by atoms with Gasteiger partial charge >= 0.3 is 0 Å². The SMILES string of the molecule is CCCN1CCCC(NCC(O)c2ccsc2)CC1. The zero-order chi connectivity index (χ0) is 13.5. The Kier molecular flexibility index (Phi) is 6.31. The van der Waals surface area contributed by atoms with Crippen LogP contribution in [0.1, 0.15) is 44.3 Å². The number of nitrogens with zero attached hydrogens (tertiary/aromatic N) is 1. The minimum atomic E-state index is -0.360. The summed E-state index contributed by atoms with van der Waals surface area (Å²) in [6, 6.07) is 2.57. The minimum absolute atomic E-state index is 0.360. The van der Waals surface area contributed by atoms with Crippen LogP contribution in [0.3, 0.4) is 0 Å². The van der Waals surface area contributed by atoms with Crippen LogP contribution < -0.4 is 5.32 Å². The molecule has 4 heteroatoms. The summed E-state index contributed by atoms with van der Waals surface area (Å²) in [6.07, 6.45) is 4.59. The fourth-order valence-corrected chi connectivity index (χ4v) is 3.47. The average Bonchev–Trinajstić information content (AvgIpc) is 2.86. The lowest BCUT2D eigenvalue weighted by molar-refractivity contribution is 0.168. The van der Waals surface area contributed by atoms with Crippen molar-refractivity contribution in [3.8, 4) is 0 Å². The zero-order valence-electron chi connectivity index (χ0n) is 11.8. The molecule has 1 aromatic heterocycles. The van der Waals surface area contributed by atoms with E-state index in [1.165, 1.54) is 45.3 Å². The Morgan fingerprint density at radius 3 is 3.11 bits per heavy atom. The Balaban J connectivity index is 1.71. The molecule has 2 unspecified atom stereocenters. The molecule has 0 aromatic carbocycles. The van der Waals surface area contributed by atoms with Crippen LogP contribution in [0.5, 0.6) is 0 Å². The first-order chi connectivity index (χ1) is 9.29. The molecule has 2 heterocycles. The largest absolute Gasteiger partial charge is 0.387 e. The monoisotopic (exact) mass is 282 g/mol. The molecule has 1 aliphatic rings. The minimum Gasteiger partial charge on any atom is -0.387 e. The predicted molar refractivity (Wildman–Crippen MR) is 81.7 cm³/mol. The number of likely N-dealkylation sites (tertiary alicyclic amines) is 1. The van der Waals surface area contributed by atoms with E-state index < -0.39 is 0 Å². The van der Waals surface area contributed by atoms with Crippen molar-refractivity contribution in [3.63, 3.8) is 0 Å². The van der Waals surface area contributed by atoms with Crippen LogP contribution in [0.15, 0.2) is 16.8 Å². The highest BCUT2D eigenvalue weighted by molar-refractivity contribution is 7.07. The van der Waals surface area contributed by atoms with Crippen LogP contribution in [0.2, 0.25) is 0 Å². The molecule has 1 aliphatic heterocycles. The smallest absolute Gasteiger partial charge is 0.0922 e. The Bertz CT molecular complexity index is 342. The maximum Gasteiger partial charge on any atom is 0.0922 e. The van der Waals surface area contributed by atoms with Crippen molar-refractivity contribution in [1.82, 2.24) is 10.2 Å². The maximum atomic E-state index is 10.1. The van der Waals surface area contributed by atoms with Crippen LogP contribution in [0, 0.1) is 0 Å². The van der Waals surface area contributed by atoms with Gasteiger partial charge < -0.3 is 15.3 Å². The first kappa shape index (κ1) is 15.0. The van der Waals surface area contributed by atoms with E-state index in [0.717, 1.165) is 5.56 Å². The van der Waals surface area contributed by atoms with Crippen LogP contribution in [-0.4, -0.2) is 42.2 Å². The van der Waals surface area contributed by atoms with Crippen molar-refractivity contribution in [3.05, 3.63) is 22.4 Å². The van der Waals surface area contributed by atoms with Gasteiger partial charge in [-0.15, -0.1) is 0 Å². The number of aliphatic hydroxyl groups is 1. The summed E-state index contributed by atoms with van der Waals surface area (Å²) in [7, 11) is 0. The van der Waals surface area contributed by atoms with Crippen molar-refractivity contribution in [2.24, 2.45) is 0 Å². The summed E-state index contributed by atoms with van der Waals surface area (Å²) in [5, 5.41) is 17.7. The molecule has 0 spiro atoms. The van der Waals surface area contributed by atoms with E-state index in [0.29, 0.717) is 12.6 Å². The van der Waals surface area contributed by atoms with E-state index in [1.54, 1.807) is 11.3 Å². The molecular weight excluding hydrogens is 256 g/mol. The van der Waals surface area contributed by atoms with Crippen LogP contribution in [-0.2, 0) is 0 Å². The van der Waals surface area contributed by atoms with Crippen molar-refractivity contribution in [2.45, 2.75) is 44.8 Å².